The maximum atomic E-state index is 11.0. The lowest BCUT2D eigenvalue weighted by Crippen LogP contribution is -1.96. The van der Waals surface area contributed by atoms with E-state index in [1.807, 2.05) is 19.1 Å². The standard InChI is InChI=1S/C18H18N2O4/c1-4-13(9-8-12(2)23-3)10-16-19-17(20-24-16)14-6-5-7-15(11-14)18(21)22/h4-9,11H,2,10H2,1,3H3,(H,21,22)/b9-8-,13-4+. The van der Waals surface area contributed by atoms with Gasteiger partial charge in [0, 0.05) is 5.56 Å². The monoisotopic (exact) mass is 326 g/mol. The highest BCUT2D eigenvalue weighted by atomic mass is 16.5. The highest BCUT2D eigenvalue weighted by Gasteiger charge is 2.11. The van der Waals surface area contributed by atoms with Gasteiger partial charge in [-0.15, -0.1) is 0 Å². The first-order chi connectivity index (χ1) is 11.5. The predicted molar refractivity (Wildman–Crippen MR) is 89.4 cm³/mol. The third-order valence-electron chi connectivity index (χ3n) is 3.31. The summed E-state index contributed by atoms with van der Waals surface area (Å²) in [5.74, 6) is 0.340. The van der Waals surface area contributed by atoms with E-state index in [1.54, 1.807) is 25.3 Å². The van der Waals surface area contributed by atoms with Crippen LogP contribution in [0.1, 0.15) is 23.2 Å². The third-order valence-corrected chi connectivity index (χ3v) is 3.31. The van der Waals surface area contributed by atoms with Crippen LogP contribution in [-0.4, -0.2) is 28.3 Å². The van der Waals surface area contributed by atoms with E-state index in [9.17, 15) is 4.79 Å². The van der Waals surface area contributed by atoms with Gasteiger partial charge in [-0.05, 0) is 30.7 Å². The Balaban J connectivity index is 2.16. The molecule has 1 heterocycles. The van der Waals surface area contributed by atoms with Gasteiger partial charge in [-0.1, -0.05) is 36.0 Å². The molecule has 0 amide bonds. The smallest absolute Gasteiger partial charge is 0.335 e. The molecule has 0 saturated heterocycles. The summed E-state index contributed by atoms with van der Waals surface area (Å²) >= 11 is 0. The number of benzene rings is 1. The van der Waals surface area contributed by atoms with Gasteiger partial charge in [0.1, 0.15) is 5.76 Å². The predicted octanol–water partition coefficient (Wildman–Crippen LogP) is 3.64. The minimum Gasteiger partial charge on any atom is -0.497 e. The van der Waals surface area contributed by atoms with Crippen LogP contribution < -0.4 is 0 Å². The quantitative estimate of drug-likeness (QED) is 0.617. The molecule has 2 rings (SSSR count). The van der Waals surface area contributed by atoms with Crippen molar-refractivity contribution in [2.75, 3.05) is 7.11 Å². The second-order valence-corrected chi connectivity index (χ2v) is 4.94. The minimum absolute atomic E-state index is 0.175. The molecule has 6 heteroatoms. The molecule has 6 nitrogen and oxygen atoms in total. The maximum Gasteiger partial charge on any atom is 0.335 e. The number of aromatic carboxylic acids is 1. The zero-order valence-electron chi connectivity index (χ0n) is 13.5. The van der Waals surface area contributed by atoms with Gasteiger partial charge in [-0.2, -0.15) is 4.98 Å². The first-order valence-corrected chi connectivity index (χ1v) is 7.26. The summed E-state index contributed by atoms with van der Waals surface area (Å²) < 4.78 is 10.2. The Kier molecular flexibility index (Phi) is 5.68. The lowest BCUT2D eigenvalue weighted by molar-refractivity contribution is 0.0697. The number of carbonyl (C=O) groups is 1. The number of rotatable bonds is 7. The number of allylic oxidation sites excluding steroid dienone is 4. The molecule has 1 aromatic heterocycles. The van der Waals surface area contributed by atoms with Gasteiger partial charge in [0.05, 0.1) is 19.1 Å². The molecule has 0 bridgehead atoms. The molecule has 0 unspecified atom stereocenters. The van der Waals surface area contributed by atoms with Crippen molar-refractivity contribution < 1.29 is 19.2 Å². The largest absolute Gasteiger partial charge is 0.497 e. The normalized spacial score (nSPS) is 11.7. The topological polar surface area (TPSA) is 85.5 Å². The molecule has 0 atom stereocenters. The van der Waals surface area contributed by atoms with Crippen molar-refractivity contribution >= 4 is 5.97 Å². The fraction of sp³-hybridized carbons (Fsp3) is 0.167. The van der Waals surface area contributed by atoms with E-state index in [2.05, 4.69) is 16.7 Å². The van der Waals surface area contributed by atoms with Crippen LogP contribution in [0.5, 0.6) is 0 Å². The summed E-state index contributed by atoms with van der Waals surface area (Å²) in [5, 5.41) is 13.0. The van der Waals surface area contributed by atoms with Gasteiger partial charge < -0.3 is 14.4 Å². The van der Waals surface area contributed by atoms with Crippen LogP contribution in [0.2, 0.25) is 0 Å². The van der Waals surface area contributed by atoms with Gasteiger partial charge in [0.15, 0.2) is 0 Å². The number of aromatic nitrogens is 2. The Morgan fingerprint density at radius 2 is 2.21 bits per heavy atom. The second-order valence-electron chi connectivity index (χ2n) is 4.94. The maximum absolute atomic E-state index is 11.0. The summed E-state index contributed by atoms with van der Waals surface area (Å²) in [6.07, 6.45) is 5.99. The molecule has 1 aromatic carbocycles. The molecular weight excluding hydrogens is 308 g/mol. The Morgan fingerprint density at radius 3 is 2.88 bits per heavy atom. The molecular formula is C18H18N2O4. The number of hydrogen-bond donors (Lipinski definition) is 1. The summed E-state index contributed by atoms with van der Waals surface area (Å²) in [6.45, 7) is 5.62. The van der Waals surface area contributed by atoms with Crippen molar-refractivity contribution in [3.05, 3.63) is 71.9 Å². The van der Waals surface area contributed by atoms with E-state index in [1.165, 1.54) is 12.1 Å². The highest BCUT2D eigenvalue weighted by molar-refractivity contribution is 5.89. The number of ether oxygens (including phenoxy) is 1. The van der Waals surface area contributed by atoms with E-state index in [0.29, 0.717) is 29.5 Å². The van der Waals surface area contributed by atoms with Crippen molar-refractivity contribution in [3.63, 3.8) is 0 Å². The van der Waals surface area contributed by atoms with Crippen LogP contribution in [0.15, 0.2) is 64.9 Å². The minimum atomic E-state index is -1.000. The molecule has 1 N–H and O–H groups in total. The molecule has 0 spiro atoms. The molecule has 124 valence electrons. The van der Waals surface area contributed by atoms with Gasteiger partial charge in [0.25, 0.3) is 0 Å². The Labute approximate surface area is 139 Å². The summed E-state index contributed by atoms with van der Waals surface area (Å²) in [7, 11) is 1.55. The zero-order chi connectivity index (χ0) is 17.5. The van der Waals surface area contributed by atoms with Gasteiger partial charge in [0.2, 0.25) is 11.7 Å². The average Bonchev–Trinajstić information content (AvgIpc) is 3.06. The average molecular weight is 326 g/mol. The number of methoxy groups -OCH3 is 1. The first-order valence-electron chi connectivity index (χ1n) is 7.26. The highest BCUT2D eigenvalue weighted by Crippen LogP contribution is 2.19. The molecule has 0 fully saturated rings. The fourth-order valence-corrected chi connectivity index (χ4v) is 1.94. The summed E-state index contributed by atoms with van der Waals surface area (Å²) in [6, 6.07) is 6.40. The molecule has 0 aliphatic heterocycles. The zero-order valence-corrected chi connectivity index (χ0v) is 13.5. The van der Waals surface area contributed by atoms with Crippen molar-refractivity contribution in [2.45, 2.75) is 13.3 Å². The molecule has 24 heavy (non-hydrogen) atoms. The lowest BCUT2D eigenvalue weighted by atomic mass is 10.1. The van der Waals surface area contributed by atoms with Crippen LogP contribution in [-0.2, 0) is 11.2 Å². The van der Waals surface area contributed by atoms with Crippen molar-refractivity contribution in [1.29, 1.82) is 0 Å². The van der Waals surface area contributed by atoms with E-state index in [-0.39, 0.29) is 5.56 Å². The van der Waals surface area contributed by atoms with Crippen LogP contribution >= 0.6 is 0 Å². The van der Waals surface area contributed by atoms with Crippen LogP contribution in [0.3, 0.4) is 0 Å². The molecule has 0 saturated carbocycles. The van der Waals surface area contributed by atoms with Gasteiger partial charge in [-0.3, -0.25) is 0 Å². The Bertz CT molecular complexity index is 803. The van der Waals surface area contributed by atoms with Crippen molar-refractivity contribution in [2.24, 2.45) is 0 Å². The lowest BCUT2D eigenvalue weighted by Gasteiger charge is -1.99. The Hall–Kier alpha value is -3.15. The number of carboxylic acid groups (broad SMARTS) is 1. The summed E-state index contributed by atoms with van der Waals surface area (Å²) in [5.41, 5.74) is 1.73. The van der Waals surface area contributed by atoms with E-state index >= 15 is 0 Å². The van der Waals surface area contributed by atoms with Gasteiger partial charge in [-0.25, -0.2) is 4.79 Å². The molecule has 2 aromatic rings. The molecule has 0 radical (unpaired) electrons. The van der Waals surface area contributed by atoms with Crippen LogP contribution in [0, 0.1) is 0 Å². The third kappa shape index (κ3) is 4.42. The van der Waals surface area contributed by atoms with Gasteiger partial charge >= 0.3 is 5.97 Å². The van der Waals surface area contributed by atoms with E-state index < -0.39 is 5.97 Å². The Morgan fingerprint density at radius 1 is 1.42 bits per heavy atom. The number of carboxylic acids is 1. The van der Waals surface area contributed by atoms with Crippen LogP contribution in [0.4, 0.5) is 0 Å². The fourth-order valence-electron chi connectivity index (χ4n) is 1.94. The SMILES string of the molecule is C=C(/C=C\C(=C/C)Cc1nc(-c2cccc(C(=O)O)c2)no1)OC. The summed E-state index contributed by atoms with van der Waals surface area (Å²) in [4.78, 5) is 15.3. The number of nitrogens with zero attached hydrogens (tertiary/aromatic N) is 2. The van der Waals surface area contributed by atoms with Crippen LogP contribution in [0.25, 0.3) is 11.4 Å². The van der Waals surface area contributed by atoms with E-state index in [4.69, 9.17) is 14.4 Å². The number of hydrogen-bond acceptors (Lipinski definition) is 5. The molecule has 0 aliphatic carbocycles. The van der Waals surface area contributed by atoms with Crippen molar-refractivity contribution in [1.82, 2.24) is 10.1 Å². The first kappa shape index (κ1) is 17.2. The van der Waals surface area contributed by atoms with Crippen molar-refractivity contribution in [3.8, 4) is 11.4 Å². The molecule has 0 aliphatic rings. The van der Waals surface area contributed by atoms with E-state index in [0.717, 1.165) is 5.57 Å². The second kappa shape index (κ2) is 7.92.